The highest BCUT2D eigenvalue weighted by Gasteiger charge is 2.19. The Balaban J connectivity index is 2.36. The highest BCUT2D eigenvalue weighted by atomic mass is 16.2. The van der Waals surface area contributed by atoms with E-state index in [0.29, 0.717) is 13.1 Å². The molecule has 1 aliphatic rings. The molecule has 1 aliphatic heterocycles. The second-order valence-corrected chi connectivity index (χ2v) is 3.59. The lowest BCUT2D eigenvalue weighted by Gasteiger charge is -2.31. The van der Waals surface area contributed by atoms with Crippen LogP contribution >= 0.6 is 0 Å². The number of carbonyl (C=O) groups is 2. The van der Waals surface area contributed by atoms with E-state index in [1.165, 1.54) is 6.08 Å². The van der Waals surface area contributed by atoms with Gasteiger partial charge in [0.2, 0.25) is 11.8 Å². The van der Waals surface area contributed by atoms with Crippen LogP contribution in [-0.2, 0) is 9.59 Å². The van der Waals surface area contributed by atoms with Crippen LogP contribution in [-0.4, -0.2) is 61.9 Å². The smallest absolute Gasteiger partial charge is 0.243 e. The Morgan fingerprint density at radius 2 is 2.27 bits per heavy atom. The average molecular weight is 211 g/mol. The van der Waals surface area contributed by atoms with Crippen LogP contribution in [0.2, 0.25) is 0 Å². The van der Waals surface area contributed by atoms with Gasteiger partial charge in [0, 0.05) is 32.8 Å². The molecule has 0 unspecified atom stereocenters. The van der Waals surface area contributed by atoms with Crippen LogP contribution in [0.3, 0.4) is 0 Å². The summed E-state index contributed by atoms with van der Waals surface area (Å²) in [7, 11) is 3.50. The number of hydrogen-bond acceptors (Lipinski definition) is 3. The first-order valence-electron chi connectivity index (χ1n) is 4.98. The molecule has 1 heterocycles. The van der Waals surface area contributed by atoms with E-state index in [-0.39, 0.29) is 11.8 Å². The van der Waals surface area contributed by atoms with E-state index in [2.05, 4.69) is 5.32 Å². The standard InChI is InChI=1S/C10H17N3O2/c1-11-9(14)4-3-5-13-7-6-12(2)8-10(13)15/h3-4H,5-8H2,1-2H3,(H,11,14)/b4-3+. The second kappa shape index (κ2) is 5.50. The third-order valence-electron chi connectivity index (χ3n) is 2.35. The van der Waals surface area contributed by atoms with Gasteiger partial charge in [0.1, 0.15) is 0 Å². The molecule has 1 N–H and O–H groups in total. The summed E-state index contributed by atoms with van der Waals surface area (Å²) in [6.07, 6.45) is 3.16. The molecule has 84 valence electrons. The summed E-state index contributed by atoms with van der Waals surface area (Å²) in [6.45, 7) is 2.60. The normalized spacial score (nSPS) is 18.5. The Morgan fingerprint density at radius 1 is 1.53 bits per heavy atom. The van der Waals surface area contributed by atoms with Crippen LogP contribution in [0.4, 0.5) is 0 Å². The fourth-order valence-corrected chi connectivity index (χ4v) is 1.39. The predicted molar refractivity (Wildman–Crippen MR) is 57.3 cm³/mol. The van der Waals surface area contributed by atoms with Gasteiger partial charge in [-0.25, -0.2) is 0 Å². The molecular formula is C10H17N3O2. The number of hydrogen-bond donors (Lipinski definition) is 1. The maximum atomic E-state index is 11.5. The lowest BCUT2D eigenvalue weighted by molar-refractivity contribution is -0.134. The zero-order valence-electron chi connectivity index (χ0n) is 9.19. The Hall–Kier alpha value is -1.36. The van der Waals surface area contributed by atoms with Crippen molar-refractivity contribution in [2.75, 3.05) is 40.3 Å². The molecule has 0 aromatic rings. The molecule has 0 aliphatic carbocycles. The molecule has 1 saturated heterocycles. The first kappa shape index (κ1) is 11.7. The summed E-state index contributed by atoms with van der Waals surface area (Å²) in [5.74, 6) is -0.0260. The van der Waals surface area contributed by atoms with Gasteiger partial charge in [-0.15, -0.1) is 0 Å². The average Bonchev–Trinajstić information content (AvgIpc) is 2.21. The second-order valence-electron chi connectivity index (χ2n) is 3.59. The van der Waals surface area contributed by atoms with E-state index in [9.17, 15) is 9.59 Å². The Bertz CT molecular complexity index is 276. The van der Waals surface area contributed by atoms with Crippen LogP contribution in [0.5, 0.6) is 0 Å². The summed E-state index contributed by atoms with van der Waals surface area (Å²) in [4.78, 5) is 26.1. The zero-order chi connectivity index (χ0) is 11.3. The summed E-state index contributed by atoms with van der Waals surface area (Å²) in [5, 5.41) is 2.48. The van der Waals surface area contributed by atoms with Crippen LogP contribution in [0.1, 0.15) is 0 Å². The Kier molecular flexibility index (Phi) is 4.30. The van der Waals surface area contributed by atoms with Gasteiger partial charge in [-0.1, -0.05) is 6.08 Å². The third-order valence-corrected chi connectivity index (χ3v) is 2.35. The number of amides is 2. The molecule has 0 radical (unpaired) electrons. The van der Waals surface area contributed by atoms with Gasteiger partial charge in [0.15, 0.2) is 0 Å². The van der Waals surface area contributed by atoms with Gasteiger partial charge in [-0.2, -0.15) is 0 Å². The van der Waals surface area contributed by atoms with Gasteiger partial charge < -0.3 is 10.2 Å². The molecule has 0 aromatic carbocycles. The van der Waals surface area contributed by atoms with Crippen molar-refractivity contribution in [3.05, 3.63) is 12.2 Å². The number of likely N-dealkylation sites (N-methyl/N-ethyl adjacent to an activating group) is 2. The molecule has 1 rings (SSSR count). The van der Waals surface area contributed by atoms with Gasteiger partial charge in [0.05, 0.1) is 6.54 Å². The lowest BCUT2D eigenvalue weighted by atomic mass is 10.3. The van der Waals surface area contributed by atoms with Crippen LogP contribution < -0.4 is 5.32 Å². The SMILES string of the molecule is CNC(=O)/C=C/CN1CCN(C)CC1=O. The van der Waals surface area contributed by atoms with Gasteiger partial charge in [0.25, 0.3) is 0 Å². The van der Waals surface area contributed by atoms with E-state index >= 15 is 0 Å². The fourth-order valence-electron chi connectivity index (χ4n) is 1.39. The summed E-state index contributed by atoms with van der Waals surface area (Å²) >= 11 is 0. The summed E-state index contributed by atoms with van der Waals surface area (Å²) < 4.78 is 0. The molecule has 0 saturated carbocycles. The van der Waals surface area contributed by atoms with E-state index in [4.69, 9.17) is 0 Å². The molecule has 5 heteroatoms. The molecule has 0 aromatic heterocycles. The Labute approximate surface area is 89.7 Å². The quantitative estimate of drug-likeness (QED) is 0.613. The summed E-state index contributed by atoms with van der Waals surface area (Å²) in [6, 6.07) is 0. The van der Waals surface area contributed by atoms with Crippen molar-refractivity contribution in [2.45, 2.75) is 0 Å². The topological polar surface area (TPSA) is 52.7 Å². The first-order valence-corrected chi connectivity index (χ1v) is 4.98. The Morgan fingerprint density at radius 3 is 2.87 bits per heavy atom. The number of piperazine rings is 1. The van der Waals surface area contributed by atoms with E-state index in [0.717, 1.165) is 13.1 Å². The third kappa shape index (κ3) is 3.71. The minimum Gasteiger partial charge on any atom is -0.356 e. The van der Waals surface area contributed by atoms with Crippen LogP contribution in [0.15, 0.2) is 12.2 Å². The van der Waals surface area contributed by atoms with Crippen molar-refractivity contribution in [3.63, 3.8) is 0 Å². The molecule has 0 spiro atoms. The van der Waals surface area contributed by atoms with E-state index in [1.807, 2.05) is 11.9 Å². The van der Waals surface area contributed by atoms with Crippen molar-refractivity contribution < 1.29 is 9.59 Å². The van der Waals surface area contributed by atoms with Crippen LogP contribution in [0.25, 0.3) is 0 Å². The highest BCUT2D eigenvalue weighted by molar-refractivity contribution is 5.87. The molecule has 0 atom stereocenters. The van der Waals surface area contributed by atoms with Crippen molar-refractivity contribution in [1.82, 2.24) is 15.1 Å². The molecule has 0 bridgehead atoms. The molecule has 2 amide bonds. The number of nitrogens with zero attached hydrogens (tertiary/aromatic N) is 2. The highest BCUT2D eigenvalue weighted by Crippen LogP contribution is 2.00. The van der Waals surface area contributed by atoms with Gasteiger partial charge in [-0.3, -0.25) is 14.5 Å². The molecule has 1 fully saturated rings. The first-order chi connectivity index (χ1) is 7.13. The van der Waals surface area contributed by atoms with Crippen LogP contribution in [0, 0.1) is 0 Å². The monoisotopic (exact) mass is 211 g/mol. The lowest BCUT2D eigenvalue weighted by Crippen LogP contribution is -2.48. The van der Waals surface area contributed by atoms with Crippen molar-refractivity contribution >= 4 is 11.8 Å². The fraction of sp³-hybridized carbons (Fsp3) is 0.600. The number of nitrogens with one attached hydrogen (secondary N) is 1. The van der Waals surface area contributed by atoms with Crippen molar-refractivity contribution in [1.29, 1.82) is 0 Å². The van der Waals surface area contributed by atoms with E-state index in [1.54, 1.807) is 18.0 Å². The maximum Gasteiger partial charge on any atom is 0.243 e. The molecular weight excluding hydrogens is 194 g/mol. The van der Waals surface area contributed by atoms with Crippen molar-refractivity contribution in [3.8, 4) is 0 Å². The van der Waals surface area contributed by atoms with Gasteiger partial charge >= 0.3 is 0 Å². The molecule has 5 nitrogen and oxygen atoms in total. The minimum atomic E-state index is -0.142. The van der Waals surface area contributed by atoms with E-state index < -0.39 is 0 Å². The zero-order valence-corrected chi connectivity index (χ0v) is 9.19. The number of carbonyl (C=O) groups excluding carboxylic acids is 2. The predicted octanol–water partition coefficient (Wildman–Crippen LogP) is -0.937. The van der Waals surface area contributed by atoms with Gasteiger partial charge in [-0.05, 0) is 7.05 Å². The maximum absolute atomic E-state index is 11.5. The largest absolute Gasteiger partial charge is 0.356 e. The summed E-state index contributed by atoms with van der Waals surface area (Å²) in [5.41, 5.74) is 0. The van der Waals surface area contributed by atoms with Crippen molar-refractivity contribution in [2.24, 2.45) is 0 Å². The molecule has 15 heavy (non-hydrogen) atoms. The minimum absolute atomic E-state index is 0.116. The number of rotatable bonds is 3.